The van der Waals surface area contributed by atoms with E-state index in [1.165, 1.54) is 51.4 Å². The number of aliphatic hydroxyl groups is 2. The molecule has 0 saturated carbocycles. The monoisotopic (exact) mass is 280 g/mol. The van der Waals surface area contributed by atoms with Gasteiger partial charge >= 0.3 is 0 Å². The van der Waals surface area contributed by atoms with Crippen molar-refractivity contribution in [1.82, 2.24) is 0 Å². The fraction of sp³-hybridized carbons (Fsp3) is 1.00. The molecule has 0 heterocycles. The van der Waals surface area contributed by atoms with Crippen LogP contribution in [-0.2, 0) is 0 Å². The highest BCUT2D eigenvalue weighted by molar-refractivity contribution is 4.41. The SMILES string of the molecule is CCCCCCCCC.CCCCCO.CCO.O. The zero-order chi connectivity index (χ0) is 14.5. The van der Waals surface area contributed by atoms with Gasteiger partial charge in [-0.25, -0.2) is 0 Å². The number of unbranched alkanes of at least 4 members (excludes halogenated alkanes) is 8. The van der Waals surface area contributed by atoms with E-state index in [-0.39, 0.29) is 12.1 Å². The Balaban J connectivity index is -0.0000000982. The highest BCUT2D eigenvalue weighted by atomic mass is 16.3. The van der Waals surface area contributed by atoms with Crippen LogP contribution in [0.2, 0.25) is 0 Å². The van der Waals surface area contributed by atoms with Gasteiger partial charge < -0.3 is 15.7 Å². The van der Waals surface area contributed by atoms with Gasteiger partial charge in [0.25, 0.3) is 0 Å². The van der Waals surface area contributed by atoms with E-state index < -0.39 is 0 Å². The van der Waals surface area contributed by atoms with Crippen LogP contribution in [0.15, 0.2) is 0 Å². The predicted molar refractivity (Wildman–Crippen MR) is 86.7 cm³/mol. The van der Waals surface area contributed by atoms with E-state index in [4.69, 9.17) is 10.2 Å². The Kier molecular flexibility index (Phi) is 51.8. The Hall–Kier alpha value is -0.120. The van der Waals surface area contributed by atoms with Crippen molar-refractivity contribution in [1.29, 1.82) is 0 Å². The zero-order valence-corrected chi connectivity index (χ0v) is 13.9. The average molecular weight is 280 g/mol. The molecule has 4 N–H and O–H groups in total. The second kappa shape index (κ2) is 36.1. The van der Waals surface area contributed by atoms with E-state index in [2.05, 4.69) is 20.8 Å². The molecule has 0 saturated heterocycles. The molecule has 3 heteroatoms. The van der Waals surface area contributed by atoms with Crippen LogP contribution in [0.4, 0.5) is 0 Å². The average Bonchev–Trinajstić information content (AvgIpc) is 2.38. The molecule has 0 atom stereocenters. The first kappa shape index (κ1) is 27.3. The van der Waals surface area contributed by atoms with Gasteiger partial charge in [0.05, 0.1) is 0 Å². The third-order valence-electron chi connectivity index (χ3n) is 2.47. The molecular weight excluding hydrogens is 240 g/mol. The molecule has 122 valence electrons. The van der Waals surface area contributed by atoms with Crippen molar-refractivity contribution in [2.45, 2.75) is 91.9 Å². The van der Waals surface area contributed by atoms with Crippen molar-refractivity contribution in [2.75, 3.05) is 13.2 Å². The second-order valence-electron chi connectivity index (χ2n) is 4.51. The Morgan fingerprint density at radius 3 is 1.00 bits per heavy atom. The normalized spacial score (nSPS) is 8.53. The summed E-state index contributed by atoms with van der Waals surface area (Å²) in [6.45, 7) is 8.93. The molecule has 0 fully saturated rings. The van der Waals surface area contributed by atoms with E-state index >= 15 is 0 Å². The van der Waals surface area contributed by atoms with E-state index in [1.54, 1.807) is 6.92 Å². The molecule has 0 aliphatic heterocycles. The lowest BCUT2D eigenvalue weighted by molar-refractivity contribution is 0.284. The molecule has 19 heavy (non-hydrogen) atoms. The van der Waals surface area contributed by atoms with Crippen molar-refractivity contribution in [3.8, 4) is 0 Å². The van der Waals surface area contributed by atoms with Gasteiger partial charge in [-0.05, 0) is 13.3 Å². The van der Waals surface area contributed by atoms with Crippen LogP contribution in [0, 0.1) is 0 Å². The Bertz CT molecular complexity index is 88.0. The van der Waals surface area contributed by atoms with Crippen LogP contribution in [0.1, 0.15) is 91.9 Å². The molecule has 0 aliphatic rings. The Morgan fingerprint density at radius 2 is 0.789 bits per heavy atom. The number of rotatable bonds is 9. The maximum Gasteiger partial charge on any atom is 0.0431 e. The summed E-state index contributed by atoms with van der Waals surface area (Å²) in [6, 6.07) is 0. The first-order valence-electron chi connectivity index (χ1n) is 7.96. The van der Waals surface area contributed by atoms with Crippen LogP contribution >= 0.6 is 0 Å². The zero-order valence-electron chi connectivity index (χ0n) is 13.9. The molecule has 0 aromatic carbocycles. The molecule has 3 nitrogen and oxygen atoms in total. The lowest BCUT2D eigenvalue weighted by atomic mass is 10.1. The van der Waals surface area contributed by atoms with Gasteiger partial charge in [0.15, 0.2) is 0 Å². The minimum absolute atomic E-state index is 0. The molecule has 0 spiro atoms. The van der Waals surface area contributed by atoms with Crippen molar-refractivity contribution >= 4 is 0 Å². The molecule has 0 rings (SSSR count). The van der Waals surface area contributed by atoms with Crippen molar-refractivity contribution < 1.29 is 15.7 Å². The molecule has 0 amide bonds. The minimum Gasteiger partial charge on any atom is -0.412 e. The van der Waals surface area contributed by atoms with Gasteiger partial charge in [-0.2, -0.15) is 0 Å². The van der Waals surface area contributed by atoms with Gasteiger partial charge in [-0.1, -0.05) is 78.6 Å². The predicted octanol–water partition coefficient (Wildman–Crippen LogP) is 4.10. The van der Waals surface area contributed by atoms with Crippen molar-refractivity contribution in [2.24, 2.45) is 0 Å². The van der Waals surface area contributed by atoms with E-state index in [1.807, 2.05) is 0 Å². The number of hydrogen-bond donors (Lipinski definition) is 2. The highest BCUT2D eigenvalue weighted by Gasteiger charge is 1.85. The lowest BCUT2D eigenvalue weighted by Crippen LogP contribution is -1.78. The molecule has 0 aromatic heterocycles. The lowest BCUT2D eigenvalue weighted by Gasteiger charge is -1.96. The Labute approximate surface area is 121 Å². The summed E-state index contributed by atoms with van der Waals surface area (Å²) in [6.07, 6.45) is 13.3. The highest BCUT2D eigenvalue weighted by Crippen LogP contribution is 2.05. The number of hydrogen-bond acceptors (Lipinski definition) is 2. The van der Waals surface area contributed by atoms with Crippen LogP contribution in [0.25, 0.3) is 0 Å². The molecule has 0 bridgehead atoms. The summed E-state index contributed by atoms with van der Waals surface area (Å²) >= 11 is 0. The molecule has 0 radical (unpaired) electrons. The topological polar surface area (TPSA) is 72.0 Å². The first-order valence-corrected chi connectivity index (χ1v) is 7.96. The van der Waals surface area contributed by atoms with Crippen LogP contribution in [0.5, 0.6) is 0 Å². The third-order valence-corrected chi connectivity index (χ3v) is 2.47. The summed E-state index contributed by atoms with van der Waals surface area (Å²) < 4.78 is 0. The van der Waals surface area contributed by atoms with Crippen LogP contribution < -0.4 is 0 Å². The maximum absolute atomic E-state index is 8.20. The van der Waals surface area contributed by atoms with Gasteiger partial charge in [-0.15, -0.1) is 0 Å². The van der Waals surface area contributed by atoms with Gasteiger partial charge in [-0.3, -0.25) is 0 Å². The largest absolute Gasteiger partial charge is 0.412 e. The van der Waals surface area contributed by atoms with Crippen molar-refractivity contribution in [3.05, 3.63) is 0 Å². The van der Waals surface area contributed by atoms with Crippen LogP contribution in [-0.4, -0.2) is 28.9 Å². The van der Waals surface area contributed by atoms with Crippen LogP contribution in [0.3, 0.4) is 0 Å². The standard InChI is InChI=1S/C9H20.C5H12O.C2H6O.H2O/c1-3-5-7-9-8-6-4-2;1-2-3-4-5-6;1-2-3;/h3-9H2,1-2H3;6H,2-5H2,1H3;3H,2H2,1H3;1H2. The van der Waals surface area contributed by atoms with Gasteiger partial charge in [0.1, 0.15) is 0 Å². The molecule has 0 unspecified atom stereocenters. The maximum atomic E-state index is 8.20. The summed E-state index contributed by atoms with van der Waals surface area (Å²) in [7, 11) is 0. The molecule has 0 aromatic rings. The number of aliphatic hydroxyl groups excluding tert-OH is 2. The Morgan fingerprint density at radius 1 is 0.526 bits per heavy atom. The molecule has 0 aliphatic carbocycles. The summed E-state index contributed by atoms with van der Waals surface area (Å²) in [5.74, 6) is 0. The minimum atomic E-state index is 0. The second-order valence-corrected chi connectivity index (χ2v) is 4.51. The van der Waals surface area contributed by atoms with E-state index in [0.29, 0.717) is 6.61 Å². The van der Waals surface area contributed by atoms with E-state index in [0.717, 1.165) is 12.8 Å². The summed E-state index contributed by atoms with van der Waals surface area (Å²) in [4.78, 5) is 0. The van der Waals surface area contributed by atoms with E-state index in [9.17, 15) is 0 Å². The first-order chi connectivity index (χ1) is 8.74. The fourth-order valence-electron chi connectivity index (χ4n) is 1.39. The summed E-state index contributed by atoms with van der Waals surface area (Å²) in [5, 5.41) is 15.8. The van der Waals surface area contributed by atoms with Gasteiger partial charge in [0.2, 0.25) is 0 Å². The molecular formula is C16H40O3. The summed E-state index contributed by atoms with van der Waals surface area (Å²) in [5.41, 5.74) is 0. The smallest absolute Gasteiger partial charge is 0.0431 e. The van der Waals surface area contributed by atoms with Crippen molar-refractivity contribution in [3.63, 3.8) is 0 Å². The fourth-order valence-corrected chi connectivity index (χ4v) is 1.39. The third kappa shape index (κ3) is 57.2. The quantitative estimate of drug-likeness (QED) is 0.624. The van der Waals surface area contributed by atoms with Gasteiger partial charge in [0, 0.05) is 13.2 Å².